The average Bonchev–Trinajstić information content (AvgIpc) is 2.47. The number of ether oxygens (including phenoxy) is 1. The third-order valence-corrected chi connectivity index (χ3v) is 5.96. The van der Waals surface area contributed by atoms with E-state index in [2.05, 4.69) is 76.0 Å². The predicted octanol–water partition coefficient (Wildman–Crippen LogP) is 5.87. The molecule has 0 aromatic heterocycles. The number of rotatable bonds is 4. The Morgan fingerprint density at radius 2 is 1.70 bits per heavy atom. The van der Waals surface area contributed by atoms with Gasteiger partial charge in [-0.25, -0.2) is 0 Å². The first-order valence-corrected chi connectivity index (χ1v) is 8.20. The van der Waals surface area contributed by atoms with Crippen molar-refractivity contribution in [2.24, 2.45) is 0 Å². The molecule has 0 fully saturated rings. The van der Waals surface area contributed by atoms with E-state index >= 15 is 0 Å². The lowest BCUT2D eigenvalue weighted by atomic mass is 9.79. The second-order valence-corrected chi connectivity index (χ2v) is 7.11. The van der Waals surface area contributed by atoms with Crippen molar-refractivity contribution in [3.8, 4) is 5.75 Å². The molecule has 0 aliphatic rings. The van der Waals surface area contributed by atoms with Gasteiger partial charge in [0.25, 0.3) is 0 Å². The van der Waals surface area contributed by atoms with E-state index in [1.165, 1.54) is 11.1 Å². The van der Waals surface area contributed by atoms with Crippen molar-refractivity contribution in [3.05, 3.63) is 64.1 Å². The van der Waals surface area contributed by atoms with Crippen LogP contribution < -0.4 is 4.74 Å². The van der Waals surface area contributed by atoms with Crippen molar-refractivity contribution in [2.75, 3.05) is 7.11 Å². The zero-order chi connectivity index (χ0) is 14.8. The molecular weight excluding hydrogens is 380 g/mol. The molecule has 0 radical (unpaired) electrons. The lowest BCUT2D eigenvalue weighted by Gasteiger charge is -2.32. The third kappa shape index (κ3) is 3.09. The highest BCUT2D eigenvalue weighted by Gasteiger charge is 2.31. The van der Waals surface area contributed by atoms with Crippen molar-refractivity contribution >= 4 is 31.9 Å². The fraction of sp³-hybridized carbons (Fsp3) is 0.294. The Bertz CT molecular complexity index is 579. The SMILES string of the molecule is COc1ccc(C(Br)C(C)(C)c2ccccc2)c(Br)c1. The van der Waals surface area contributed by atoms with Gasteiger partial charge in [0, 0.05) is 14.7 Å². The van der Waals surface area contributed by atoms with E-state index < -0.39 is 0 Å². The lowest BCUT2D eigenvalue weighted by Crippen LogP contribution is -2.23. The molecule has 2 rings (SSSR count). The summed E-state index contributed by atoms with van der Waals surface area (Å²) >= 11 is 7.51. The van der Waals surface area contributed by atoms with Gasteiger partial charge in [0.15, 0.2) is 0 Å². The van der Waals surface area contributed by atoms with Gasteiger partial charge in [-0.1, -0.05) is 82.1 Å². The predicted molar refractivity (Wildman–Crippen MR) is 91.8 cm³/mol. The molecule has 0 bridgehead atoms. The van der Waals surface area contributed by atoms with Gasteiger partial charge in [-0.05, 0) is 23.3 Å². The maximum absolute atomic E-state index is 5.25. The van der Waals surface area contributed by atoms with E-state index in [1.54, 1.807) is 7.11 Å². The van der Waals surface area contributed by atoms with Crippen LogP contribution in [-0.2, 0) is 5.41 Å². The molecule has 20 heavy (non-hydrogen) atoms. The Kier molecular flexibility index (Phi) is 4.92. The van der Waals surface area contributed by atoms with Crippen LogP contribution in [0, 0.1) is 0 Å². The first-order chi connectivity index (χ1) is 9.46. The third-order valence-electron chi connectivity index (χ3n) is 3.63. The van der Waals surface area contributed by atoms with Crippen LogP contribution in [0.2, 0.25) is 0 Å². The normalized spacial score (nSPS) is 13.1. The first kappa shape index (κ1) is 15.6. The second kappa shape index (κ2) is 6.31. The molecule has 106 valence electrons. The van der Waals surface area contributed by atoms with Crippen LogP contribution in [0.15, 0.2) is 53.0 Å². The fourth-order valence-corrected chi connectivity index (χ4v) is 3.80. The zero-order valence-electron chi connectivity index (χ0n) is 11.9. The van der Waals surface area contributed by atoms with E-state index in [0.717, 1.165) is 10.2 Å². The number of hydrogen-bond acceptors (Lipinski definition) is 1. The van der Waals surface area contributed by atoms with Crippen LogP contribution in [0.25, 0.3) is 0 Å². The number of methoxy groups -OCH3 is 1. The minimum atomic E-state index is -0.0155. The quantitative estimate of drug-likeness (QED) is 0.586. The van der Waals surface area contributed by atoms with Gasteiger partial charge in [0.1, 0.15) is 5.75 Å². The van der Waals surface area contributed by atoms with Crippen molar-refractivity contribution in [3.63, 3.8) is 0 Å². The van der Waals surface area contributed by atoms with Crippen LogP contribution in [0.4, 0.5) is 0 Å². The number of alkyl halides is 1. The molecule has 1 unspecified atom stereocenters. The standard InChI is InChI=1S/C17H18Br2O/c1-17(2,12-7-5-4-6-8-12)16(19)14-10-9-13(20-3)11-15(14)18/h4-11,16H,1-3H3. The largest absolute Gasteiger partial charge is 0.497 e. The first-order valence-electron chi connectivity index (χ1n) is 6.50. The Labute approximate surface area is 137 Å². The van der Waals surface area contributed by atoms with Gasteiger partial charge in [0.2, 0.25) is 0 Å². The summed E-state index contributed by atoms with van der Waals surface area (Å²) in [6, 6.07) is 16.7. The number of benzene rings is 2. The maximum Gasteiger partial charge on any atom is 0.120 e. The highest BCUT2D eigenvalue weighted by Crippen LogP contribution is 2.45. The molecule has 0 saturated carbocycles. The van der Waals surface area contributed by atoms with Crippen LogP contribution in [0.3, 0.4) is 0 Å². The highest BCUT2D eigenvalue weighted by molar-refractivity contribution is 9.11. The van der Waals surface area contributed by atoms with Crippen LogP contribution in [-0.4, -0.2) is 7.11 Å². The minimum Gasteiger partial charge on any atom is -0.497 e. The summed E-state index contributed by atoms with van der Waals surface area (Å²) < 4.78 is 6.31. The number of hydrogen-bond donors (Lipinski definition) is 0. The minimum absolute atomic E-state index is 0.0155. The van der Waals surface area contributed by atoms with Crippen molar-refractivity contribution < 1.29 is 4.74 Å². The molecule has 0 aliphatic carbocycles. The summed E-state index contributed by atoms with van der Waals surface area (Å²) in [4.78, 5) is 0.206. The second-order valence-electron chi connectivity index (χ2n) is 5.34. The van der Waals surface area contributed by atoms with E-state index in [9.17, 15) is 0 Å². The fourth-order valence-electron chi connectivity index (χ4n) is 2.24. The van der Waals surface area contributed by atoms with Crippen LogP contribution >= 0.6 is 31.9 Å². The lowest BCUT2D eigenvalue weighted by molar-refractivity contribution is 0.414. The van der Waals surface area contributed by atoms with Gasteiger partial charge in [-0.2, -0.15) is 0 Å². The summed E-state index contributed by atoms with van der Waals surface area (Å²) in [6.45, 7) is 4.50. The smallest absolute Gasteiger partial charge is 0.120 e. The van der Waals surface area contributed by atoms with Crippen LogP contribution in [0.5, 0.6) is 5.75 Å². The van der Waals surface area contributed by atoms with E-state index in [1.807, 2.05) is 18.2 Å². The van der Waals surface area contributed by atoms with Gasteiger partial charge in [0.05, 0.1) is 7.11 Å². The van der Waals surface area contributed by atoms with E-state index in [4.69, 9.17) is 4.74 Å². The van der Waals surface area contributed by atoms with Crippen molar-refractivity contribution in [1.82, 2.24) is 0 Å². The molecule has 3 heteroatoms. The zero-order valence-corrected chi connectivity index (χ0v) is 15.0. The topological polar surface area (TPSA) is 9.23 Å². The molecule has 0 aliphatic heterocycles. The molecule has 0 spiro atoms. The molecule has 2 aromatic carbocycles. The molecule has 0 amide bonds. The van der Waals surface area contributed by atoms with Gasteiger partial charge in [-0.15, -0.1) is 0 Å². The summed E-state index contributed by atoms with van der Waals surface area (Å²) in [6.07, 6.45) is 0. The molecule has 0 saturated heterocycles. The molecule has 0 heterocycles. The maximum atomic E-state index is 5.25. The van der Waals surface area contributed by atoms with Gasteiger partial charge < -0.3 is 4.74 Å². The highest BCUT2D eigenvalue weighted by atomic mass is 79.9. The Balaban J connectivity index is 2.38. The Morgan fingerprint density at radius 1 is 1.05 bits per heavy atom. The molecular formula is C17H18Br2O. The summed E-state index contributed by atoms with van der Waals surface area (Å²) in [5.74, 6) is 0.859. The summed E-state index contributed by atoms with van der Waals surface area (Å²) in [7, 11) is 1.68. The molecule has 0 N–H and O–H groups in total. The molecule has 2 aromatic rings. The van der Waals surface area contributed by atoms with Gasteiger partial charge in [-0.3, -0.25) is 0 Å². The summed E-state index contributed by atoms with van der Waals surface area (Å²) in [5, 5.41) is 0. The Hall–Kier alpha value is -0.800. The average molecular weight is 398 g/mol. The van der Waals surface area contributed by atoms with E-state index in [0.29, 0.717) is 0 Å². The number of halogens is 2. The molecule has 1 nitrogen and oxygen atoms in total. The van der Waals surface area contributed by atoms with E-state index in [-0.39, 0.29) is 10.2 Å². The van der Waals surface area contributed by atoms with Gasteiger partial charge >= 0.3 is 0 Å². The molecule has 1 atom stereocenters. The monoisotopic (exact) mass is 396 g/mol. The Morgan fingerprint density at radius 3 is 2.25 bits per heavy atom. The van der Waals surface area contributed by atoms with Crippen molar-refractivity contribution in [2.45, 2.75) is 24.1 Å². The summed E-state index contributed by atoms with van der Waals surface area (Å²) in [5.41, 5.74) is 2.52. The van der Waals surface area contributed by atoms with Crippen molar-refractivity contribution in [1.29, 1.82) is 0 Å². The van der Waals surface area contributed by atoms with Crippen LogP contribution in [0.1, 0.15) is 29.8 Å².